The molecule has 0 unspecified atom stereocenters. The Kier molecular flexibility index (Phi) is 5.03. The van der Waals surface area contributed by atoms with E-state index in [1.165, 1.54) is 5.69 Å². The van der Waals surface area contributed by atoms with Crippen LogP contribution in [0.15, 0.2) is 53.6 Å². The molecular weight excluding hydrogens is 310 g/mol. The van der Waals surface area contributed by atoms with Crippen molar-refractivity contribution in [2.45, 2.75) is 0 Å². The molecule has 1 heterocycles. The number of hydrogen-bond acceptors (Lipinski definition) is 4. The van der Waals surface area contributed by atoms with Crippen LogP contribution in [-0.2, 0) is 0 Å². The Morgan fingerprint density at radius 3 is 2.39 bits per heavy atom. The zero-order chi connectivity index (χ0) is 16.1. The number of rotatable bonds is 4. The topological polar surface area (TPSA) is 28.1 Å². The Labute approximate surface area is 141 Å². The SMILES string of the molecule is COc1ccccc1/C=N\N1CCN(c2ccc(Cl)cc2)CC1. The summed E-state index contributed by atoms with van der Waals surface area (Å²) in [6, 6.07) is 15.9. The molecule has 1 aliphatic heterocycles. The molecule has 5 heteroatoms. The maximum Gasteiger partial charge on any atom is 0.127 e. The van der Waals surface area contributed by atoms with Crippen LogP contribution in [0, 0.1) is 0 Å². The molecule has 0 aromatic heterocycles. The lowest BCUT2D eigenvalue weighted by Crippen LogP contribution is -2.44. The number of hydrazone groups is 1. The second kappa shape index (κ2) is 7.38. The Morgan fingerprint density at radius 1 is 1.00 bits per heavy atom. The van der Waals surface area contributed by atoms with E-state index in [0.29, 0.717) is 0 Å². The zero-order valence-corrected chi connectivity index (χ0v) is 13.9. The van der Waals surface area contributed by atoms with E-state index in [-0.39, 0.29) is 0 Å². The molecule has 1 aliphatic rings. The molecule has 0 aliphatic carbocycles. The van der Waals surface area contributed by atoms with Crippen LogP contribution in [0.4, 0.5) is 5.69 Å². The van der Waals surface area contributed by atoms with Crippen molar-refractivity contribution in [3.63, 3.8) is 0 Å². The van der Waals surface area contributed by atoms with Crippen molar-refractivity contribution in [2.24, 2.45) is 5.10 Å². The molecule has 1 saturated heterocycles. The van der Waals surface area contributed by atoms with E-state index in [1.54, 1.807) is 7.11 Å². The lowest BCUT2D eigenvalue weighted by atomic mass is 10.2. The highest BCUT2D eigenvalue weighted by molar-refractivity contribution is 6.30. The third kappa shape index (κ3) is 3.96. The summed E-state index contributed by atoms with van der Waals surface area (Å²) >= 11 is 5.94. The number of benzene rings is 2. The van der Waals surface area contributed by atoms with Gasteiger partial charge in [-0.25, -0.2) is 0 Å². The molecule has 2 aromatic rings. The fourth-order valence-electron chi connectivity index (χ4n) is 2.64. The molecule has 0 radical (unpaired) electrons. The van der Waals surface area contributed by atoms with Crippen molar-refractivity contribution < 1.29 is 4.74 Å². The van der Waals surface area contributed by atoms with E-state index in [9.17, 15) is 0 Å². The standard InChI is InChI=1S/C18H20ClN3O/c1-23-18-5-3-2-4-15(18)14-20-22-12-10-21(11-13-22)17-8-6-16(19)7-9-17/h2-9,14H,10-13H2,1H3/b20-14-. The summed E-state index contributed by atoms with van der Waals surface area (Å²) in [7, 11) is 1.68. The monoisotopic (exact) mass is 329 g/mol. The van der Waals surface area contributed by atoms with Crippen molar-refractivity contribution in [2.75, 3.05) is 38.2 Å². The van der Waals surface area contributed by atoms with Crippen LogP contribution in [0.25, 0.3) is 0 Å². The van der Waals surface area contributed by atoms with Crippen molar-refractivity contribution in [3.8, 4) is 5.75 Å². The molecule has 0 atom stereocenters. The summed E-state index contributed by atoms with van der Waals surface area (Å²) in [5.74, 6) is 0.844. The highest BCUT2D eigenvalue weighted by Gasteiger charge is 2.15. The molecule has 0 bridgehead atoms. The number of hydrogen-bond donors (Lipinski definition) is 0. The van der Waals surface area contributed by atoms with Crippen LogP contribution in [0.1, 0.15) is 5.56 Å². The second-order valence-corrected chi connectivity index (χ2v) is 5.84. The molecule has 23 heavy (non-hydrogen) atoms. The fraction of sp³-hybridized carbons (Fsp3) is 0.278. The first-order chi connectivity index (χ1) is 11.3. The minimum Gasteiger partial charge on any atom is -0.496 e. The van der Waals surface area contributed by atoms with E-state index in [4.69, 9.17) is 16.3 Å². The van der Waals surface area contributed by atoms with Gasteiger partial charge in [0, 0.05) is 29.4 Å². The largest absolute Gasteiger partial charge is 0.496 e. The van der Waals surface area contributed by atoms with E-state index in [2.05, 4.69) is 27.1 Å². The molecule has 4 nitrogen and oxygen atoms in total. The van der Waals surface area contributed by atoms with Gasteiger partial charge in [0.05, 0.1) is 26.4 Å². The van der Waals surface area contributed by atoms with Crippen LogP contribution in [0.3, 0.4) is 0 Å². The van der Waals surface area contributed by atoms with Gasteiger partial charge in [-0.3, -0.25) is 5.01 Å². The minimum atomic E-state index is 0.772. The van der Waals surface area contributed by atoms with Gasteiger partial charge in [0.25, 0.3) is 0 Å². The first kappa shape index (κ1) is 15.7. The molecule has 0 N–H and O–H groups in total. The molecular formula is C18H20ClN3O. The van der Waals surface area contributed by atoms with Gasteiger partial charge in [0.1, 0.15) is 5.75 Å². The Bertz CT molecular complexity index is 664. The van der Waals surface area contributed by atoms with Gasteiger partial charge >= 0.3 is 0 Å². The van der Waals surface area contributed by atoms with Gasteiger partial charge in [-0.15, -0.1) is 0 Å². The van der Waals surface area contributed by atoms with E-state index < -0.39 is 0 Å². The average Bonchev–Trinajstić information content (AvgIpc) is 2.61. The highest BCUT2D eigenvalue weighted by Crippen LogP contribution is 2.20. The Morgan fingerprint density at radius 2 is 1.70 bits per heavy atom. The number of para-hydroxylation sites is 1. The van der Waals surface area contributed by atoms with Crippen LogP contribution in [0.2, 0.25) is 5.02 Å². The van der Waals surface area contributed by atoms with Gasteiger partial charge in [0.2, 0.25) is 0 Å². The normalized spacial score (nSPS) is 15.2. The van der Waals surface area contributed by atoms with Gasteiger partial charge in [-0.2, -0.15) is 5.10 Å². The second-order valence-electron chi connectivity index (χ2n) is 5.40. The smallest absolute Gasteiger partial charge is 0.127 e. The van der Waals surface area contributed by atoms with Crippen LogP contribution >= 0.6 is 11.6 Å². The van der Waals surface area contributed by atoms with E-state index >= 15 is 0 Å². The van der Waals surface area contributed by atoms with Crippen molar-refractivity contribution in [1.29, 1.82) is 0 Å². The van der Waals surface area contributed by atoms with Gasteiger partial charge in [0.15, 0.2) is 0 Å². The summed E-state index contributed by atoms with van der Waals surface area (Å²) in [6.07, 6.45) is 1.87. The summed E-state index contributed by atoms with van der Waals surface area (Å²) in [5, 5.41) is 7.45. The van der Waals surface area contributed by atoms with E-state index in [1.807, 2.05) is 42.6 Å². The Hall–Kier alpha value is -2.20. The molecule has 2 aromatic carbocycles. The maximum atomic E-state index is 5.94. The minimum absolute atomic E-state index is 0.772. The van der Waals surface area contributed by atoms with Crippen LogP contribution < -0.4 is 9.64 Å². The summed E-state index contributed by atoms with van der Waals surface area (Å²) in [5.41, 5.74) is 2.21. The number of anilines is 1. The molecule has 3 rings (SSSR count). The third-order valence-electron chi connectivity index (χ3n) is 3.95. The summed E-state index contributed by atoms with van der Waals surface area (Å²) in [4.78, 5) is 2.35. The van der Waals surface area contributed by atoms with Crippen molar-refractivity contribution in [1.82, 2.24) is 5.01 Å². The average molecular weight is 330 g/mol. The molecule has 0 saturated carbocycles. The number of ether oxygens (including phenoxy) is 1. The van der Waals surface area contributed by atoms with Crippen LogP contribution in [0.5, 0.6) is 5.75 Å². The quantitative estimate of drug-likeness (QED) is 0.804. The van der Waals surface area contributed by atoms with Gasteiger partial charge in [-0.05, 0) is 36.4 Å². The maximum absolute atomic E-state index is 5.94. The molecule has 0 amide bonds. The van der Waals surface area contributed by atoms with Gasteiger partial charge in [-0.1, -0.05) is 23.7 Å². The van der Waals surface area contributed by atoms with Crippen LogP contribution in [-0.4, -0.2) is 44.5 Å². The first-order valence-corrected chi connectivity index (χ1v) is 8.06. The lowest BCUT2D eigenvalue weighted by Gasteiger charge is -2.34. The summed E-state index contributed by atoms with van der Waals surface area (Å²) in [6.45, 7) is 3.69. The third-order valence-corrected chi connectivity index (χ3v) is 4.20. The summed E-state index contributed by atoms with van der Waals surface area (Å²) < 4.78 is 5.34. The first-order valence-electron chi connectivity index (χ1n) is 7.69. The molecule has 0 spiro atoms. The predicted octanol–water partition coefficient (Wildman–Crippen LogP) is 3.50. The number of methoxy groups -OCH3 is 1. The zero-order valence-electron chi connectivity index (χ0n) is 13.2. The fourth-order valence-corrected chi connectivity index (χ4v) is 2.76. The lowest BCUT2D eigenvalue weighted by molar-refractivity contribution is 0.272. The predicted molar refractivity (Wildman–Crippen MR) is 95.8 cm³/mol. The Balaban J connectivity index is 1.58. The van der Waals surface area contributed by atoms with Crippen molar-refractivity contribution in [3.05, 3.63) is 59.1 Å². The number of halogens is 1. The number of piperazine rings is 1. The highest BCUT2D eigenvalue weighted by atomic mass is 35.5. The van der Waals surface area contributed by atoms with Crippen molar-refractivity contribution >= 4 is 23.5 Å². The molecule has 1 fully saturated rings. The van der Waals surface area contributed by atoms with Gasteiger partial charge < -0.3 is 9.64 Å². The number of nitrogens with zero attached hydrogens (tertiary/aromatic N) is 3. The van der Waals surface area contributed by atoms with E-state index in [0.717, 1.165) is 42.5 Å². The molecule has 120 valence electrons.